The first-order valence-corrected chi connectivity index (χ1v) is 3.26. The Morgan fingerprint density at radius 3 is 1.89 bits per heavy atom. The molecule has 1 unspecified atom stereocenters. The van der Waals surface area contributed by atoms with Crippen molar-refractivity contribution in [3.63, 3.8) is 0 Å². The Balaban J connectivity index is 0. The maximum absolute atomic E-state index is 8.50. The molecule has 0 saturated heterocycles. The molecule has 0 bridgehead atoms. The van der Waals surface area contributed by atoms with E-state index in [0.717, 1.165) is 0 Å². The smallest absolute Gasteiger partial charge is 0.0867 e. The summed E-state index contributed by atoms with van der Waals surface area (Å²) < 4.78 is 0. The molecule has 0 aromatic heterocycles. The van der Waals surface area contributed by atoms with Gasteiger partial charge in [0.1, 0.15) is 0 Å². The summed E-state index contributed by atoms with van der Waals surface area (Å²) in [6, 6.07) is -0.0370. The molecule has 0 saturated carbocycles. The molecule has 3 N–H and O–H groups in total. The molecule has 1 atom stereocenters. The molecule has 56 valence electrons. The van der Waals surface area contributed by atoms with Gasteiger partial charge < -0.3 is 10.8 Å². The van der Waals surface area contributed by atoms with Crippen LogP contribution in [0.5, 0.6) is 0 Å². The van der Waals surface area contributed by atoms with E-state index < -0.39 is 0 Å². The van der Waals surface area contributed by atoms with Gasteiger partial charge in [0.2, 0.25) is 0 Å². The van der Waals surface area contributed by atoms with E-state index in [1.54, 1.807) is 19.9 Å². The van der Waals surface area contributed by atoms with Crippen LogP contribution in [-0.2, 0) is 0 Å². The Hall–Kier alpha value is -0.500. The van der Waals surface area contributed by atoms with Gasteiger partial charge in [-0.1, -0.05) is 13.8 Å². The first-order chi connectivity index (χ1) is 4.13. The van der Waals surface area contributed by atoms with Crippen molar-refractivity contribution in [2.75, 3.05) is 0 Å². The van der Waals surface area contributed by atoms with Gasteiger partial charge in [-0.05, 0) is 19.9 Å². The number of hydrogen-bond donors (Lipinski definition) is 2. The summed E-state index contributed by atoms with van der Waals surface area (Å²) in [4.78, 5) is 0. The number of allylic oxidation sites excluding steroid dienone is 1. The fourth-order valence-corrected chi connectivity index (χ4v) is 0.380. The van der Waals surface area contributed by atoms with Gasteiger partial charge in [-0.15, -0.1) is 0 Å². The molecule has 2 nitrogen and oxygen atoms in total. The quantitative estimate of drug-likeness (QED) is 0.533. The normalized spacial score (nSPS) is 13.7. The molecule has 0 fully saturated rings. The minimum absolute atomic E-state index is 0.0370. The number of aliphatic hydroxyl groups is 1. The third-order valence-electron chi connectivity index (χ3n) is 0.504. The van der Waals surface area contributed by atoms with Crippen LogP contribution < -0.4 is 5.73 Å². The molecule has 0 aliphatic rings. The Morgan fingerprint density at radius 2 is 1.89 bits per heavy atom. The van der Waals surface area contributed by atoms with Crippen LogP contribution in [0, 0.1) is 0 Å². The van der Waals surface area contributed by atoms with E-state index in [1.165, 1.54) is 0 Å². The lowest BCUT2D eigenvalue weighted by Crippen LogP contribution is -2.10. The average molecular weight is 131 g/mol. The minimum atomic E-state index is -0.0370. The summed E-state index contributed by atoms with van der Waals surface area (Å²) in [5.41, 5.74) is 5.26. The Kier molecular flexibility index (Phi) is 9.43. The molecule has 0 amide bonds. The molecule has 0 spiro atoms. The van der Waals surface area contributed by atoms with E-state index in [-0.39, 0.29) is 11.8 Å². The maximum atomic E-state index is 8.50. The minimum Gasteiger partial charge on any atom is -0.513 e. The fraction of sp³-hybridized carbons (Fsp3) is 0.714. The molecular weight excluding hydrogens is 114 g/mol. The van der Waals surface area contributed by atoms with Crippen LogP contribution in [0.2, 0.25) is 0 Å². The van der Waals surface area contributed by atoms with Gasteiger partial charge in [-0.3, -0.25) is 0 Å². The summed E-state index contributed by atoms with van der Waals surface area (Å²) in [5, 5.41) is 8.50. The van der Waals surface area contributed by atoms with E-state index in [4.69, 9.17) is 10.8 Å². The van der Waals surface area contributed by atoms with Crippen LogP contribution in [0.4, 0.5) is 0 Å². The second-order valence-corrected chi connectivity index (χ2v) is 1.67. The number of aliphatic hydroxyl groups excluding tert-OH is 1. The number of nitrogens with two attached hydrogens (primary N) is 1. The summed E-state index contributed by atoms with van der Waals surface area (Å²) in [5.74, 6) is 0.287. The van der Waals surface area contributed by atoms with Crippen LogP contribution in [0.25, 0.3) is 0 Å². The lowest BCUT2D eigenvalue weighted by atomic mass is 10.3. The van der Waals surface area contributed by atoms with Crippen molar-refractivity contribution in [2.24, 2.45) is 5.73 Å². The summed E-state index contributed by atoms with van der Waals surface area (Å²) in [6.07, 6.45) is 1.58. The van der Waals surface area contributed by atoms with Crippen molar-refractivity contribution in [3.8, 4) is 0 Å². The molecule has 9 heavy (non-hydrogen) atoms. The van der Waals surface area contributed by atoms with Crippen LogP contribution >= 0.6 is 0 Å². The average Bonchev–Trinajstić information content (AvgIpc) is 1.68. The van der Waals surface area contributed by atoms with Gasteiger partial charge in [0, 0.05) is 6.04 Å². The van der Waals surface area contributed by atoms with E-state index in [0.29, 0.717) is 0 Å². The van der Waals surface area contributed by atoms with Crippen LogP contribution in [0.15, 0.2) is 11.8 Å². The van der Waals surface area contributed by atoms with Gasteiger partial charge in [0.15, 0.2) is 0 Å². The van der Waals surface area contributed by atoms with Crippen LogP contribution in [-0.4, -0.2) is 11.1 Å². The zero-order valence-corrected chi connectivity index (χ0v) is 6.68. The Bertz CT molecular complexity index is 73.0. The highest BCUT2D eigenvalue weighted by Gasteiger charge is 1.84. The molecule has 0 aromatic carbocycles. The first kappa shape index (κ1) is 11.3. The van der Waals surface area contributed by atoms with Crippen molar-refractivity contribution in [2.45, 2.75) is 33.7 Å². The third kappa shape index (κ3) is 18.5. The van der Waals surface area contributed by atoms with Crippen molar-refractivity contribution in [3.05, 3.63) is 11.8 Å². The topological polar surface area (TPSA) is 46.2 Å². The number of rotatable bonds is 1. The van der Waals surface area contributed by atoms with Gasteiger partial charge in [0.25, 0.3) is 0 Å². The van der Waals surface area contributed by atoms with E-state index in [1.807, 2.05) is 13.8 Å². The summed E-state index contributed by atoms with van der Waals surface area (Å²) >= 11 is 0. The van der Waals surface area contributed by atoms with Crippen LogP contribution in [0.3, 0.4) is 0 Å². The predicted octanol–water partition coefficient (Wildman–Crippen LogP) is 1.82. The molecule has 0 rings (SSSR count). The van der Waals surface area contributed by atoms with Crippen molar-refractivity contribution in [1.29, 1.82) is 0 Å². The van der Waals surface area contributed by atoms with Gasteiger partial charge in [-0.25, -0.2) is 0 Å². The summed E-state index contributed by atoms with van der Waals surface area (Å²) in [7, 11) is 0. The Morgan fingerprint density at radius 1 is 1.56 bits per heavy atom. The second kappa shape index (κ2) is 7.50. The summed E-state index contributed by atoms with van der Waals surface area (Å²) in [6.45, 7) is 7.41. The largest absolute Gasteiger partial charge is 0.513 e. The number of hydrogen-bond acceptors (Lipinski definition) is 2. The standard InChI is InChI=1S/C5H11NO.C2H6/c1-4(6)3-5(2)7;1-2/h3-4,7H,6H2,1-2H3;1-2H3/b5-3-;. The van der Waals surface area contributed by atoms with E-state index in [9.17, 15) is 0 Å². The predicted molar refractivity (Wildman–Crippen MR) is 41.4 cm³/mol. The monoisotopic (exact) mass is 131 g/mol. The van der Waals surface area contributed by atoms with E-state index >= 15 is 0 Å². The van der Waals surface area contributed by atoms with Crippen molar-refractivity contribution >= 4 is 0 Å². The molecular formula is C7H17NO. The lowest BCUT2D eigenvalue weighted by molar-refractivity contribution is 0.410. The van der Waals surface area contributed by atoms with Gasteiger partial charge >= 0.3 is 0 Å². The second-order valence-electron chi connectivity index (χ2n) is 1.67. The highest BCUT2D eigenvalue weighted by atomic mass is 16.3. The van der Waals surface area contributed by atoms with Gasteiger partial charge in [0.05, 0.1) is 5.76 Å². The molecule has 0 aliphatic carbocycles. The third-order valence-corrected chi connectivity index (χ3v) is 0.504. The first-order valence-electron chi connectivity index (χ1n) is 3.26. The SMILES string of the molecule is C/C(O)=C/C(C)N.CC. The van der Waals surface area contributed by atoms with E-state index in [2.05, 4.69) is 0 Å². The van der Waals surface area contributed by atoms with Crippen molar-refractivity contribution < 1.29 is 5.11 Å². The molecule has 0 heterocycles. The Labute approximate surface area is 57.4 Å². The lowest BCUT2D eigenvalue weighted by Gasteiger charge is -1.93. The molecule has 0 radical (unpaired) electrons. The maximum Gasteiger partial charge on any atom is 0.0867 e. The highest BCUT2D eigenvalue weighted by molar-refractivity contribution is 4.91. The fourth-order valence-electron chi connectivity index (χ4n) is 0.380. The molecule has 0 aliphatic heterocycles. The molecule has 0 aromatic rings. The molecule has 2 heteroatoms. The highest BCUT2D eigenvalue weighted by Crippen LogP contribution is 1.85. The zero-order valence-electron chi connectivity index (χ0n) is 6.68. The van der Waals surface area contributed by atoms with Crippen LogP contribution in [0.1, 0.15) is 27.7 Å². The zero-order chi connectivity index (χ0) is 7.86. The van der Waals surface area contributed by atoms with Crippen molar-refractivity contribution in [1.82, 2.24) is 0 Å². The van der Waals surface area contributed by atoms with Gasteiger partial charge in [-0.2, -0.15) is 0 Å².